The first-order valence-corrected chi connectivity index (χ1v) is 37.2. The third-order valence-corrected chi connectivity index (χ3v) is 17.3. The van der Waals surface area contributed by atoms with Gasteiger partial charge in [0.05, 0.1) is 0 Å². The highest BCUT2D eigenvalue weighted by Crippen LogP contribution is 2.20. The molecule has 0 saturated heterocycles. The summed E-state index contributed by atoms with van der Waals surface area (Å²) in [6, 6.07) is 0. The highest BCUT2D eigenvalue weighted by molar-refractivity contribution is 5.71. The van der Waals surface area contributed by atoms with Gasteiger partial charge in [0, 0.05) is 19.3 Å². The summed E-state index contributed by atoms with van der Waals surface area (Å²) in [6.07, 6.45) is 86.0. The third-order valence-electron chi connectivity index (χ3n) is 17.3. The predicted molar refractivity (Wildman–Crippen MR) is 353 cm³/mol. The van der Waals surface area contributed by atoms with Crippen molar-refractivity contribution >= 4 is 17.9 Å². The second-order valence-electron chi connectivity index (χ2n) is 25.6. The van der Waals surface area contributed by atoms with Gasteiger partial charge in [-0.05, 0) is 44.9 Å². The van der Waals surface area contributed by atoms with E-state index in [9.17, 15) is 14.4 Å². The molecule has 0 saturated carbocycles. The minimum atomic E-state index is -0.763. The molecule has 0 fully saturated rings. The summed E-state index contributed by atoms with van der Waals surface area (Å²) >= 11 is 0. The van der Waals surface area contributed by atoms with Gasteiger partial charge in [-0.15, -0.1) is 0 Å². The summed E-state index contributed by atoms with van der Waals surface area (Å²) in [5.74, 6) is -0.839. The topological polar surface area (TPSA) is 78.9 Å². The summed E-state index contributed by atoms with van der Waals surface area (Å²) in [7, 11) is 0. The van der Waals surface area contributed by atoms with Crippen molar-refractivity contribution in [3.63, 3.8) is 0 Å². The van der Waals surface area contributed by atoms with Crippen LogP contribution in [0.2, 0.25) is 0 Å². The molecule has 0 aromatic rings. The van der Waals surface area contributed by atoms with Gasteiger partial charge in [-0.3, -0.25) is 14.4 Å². The molecular formula is C75H144O6. The first-order chi connectivity index (χ1) is 40.0. The van der Waals surface area contributed by atoms with Crippen LogP contribution in [0.5, 0.6) is 0 Å². The van der Waals surface area contributed by atoms with Gasteiger partial charge in [-0.1, -0.05) is 380 Å². The molecule has 0 aromatic heterocycles. The van der Waals surface area contributed by atoms with Gasteiger partial charge < -0.3 is 14.2 Å². The van der Waals surface area contributed by atoms with Crippen molar-refractivity contribution in [3.05, 3.63) is 12.2 Å². The van der Waals surface area contributed by atoms with Gasteiger partial charge in [0.1, 0.15) is 13.2 Å². The number of hydrogen-bond donors (Lipinski definition) is 0. The summed E-state index contributed by atoms with van der Waals surface area (Å²) in [4.78, 5) is 38.1. The molecule has 1 unspecified atom stereocenters. The number of allylic oxidation sites excluding steroid dienone is 2. The average molecular weight is 1140 g/mol. The molecule has 6 nitrogen and oxygen atoms in total. The Hall–Kier alpha value is -1.85. The van der Waals surface area contributed by atoms with Crippen molar-refractivity contribution in [1.29, 1.82) is 0 Å². The van der Waals surface area contributed by atoms with E-state index in [4.69, 9.17) is 14.2 Å². The van der Waals surface area contributed by atoms with Crippen LogP contribution in [0.15, 0.2) is 12.2 Å². The molecular weight excluding hydrogens is 997 g/mol. The van der Waals surface area contributed by atoms with Crippen molar-refractivity contribution in [1.82, 2.24) is 0 Å². The van der Waals surface area contributed by atoms with E-state index in [2.05, 4.69) is 32.9 Å². The van der Waals surface area contributed by atoms with Crippen LogP contribution >= 0.6 is 0 Å². The van der Waals surface area contributed by atoms with Gasteiger partial charge in [-0.2, -0.15) is 0 Å². The molecule has 0 heterocycles. The standard InChI is InChI=1S/C75H144O6/c1-4-7-10-13-16-18-20-22-24-26-28-30-32-33-34-35-36-37-38-39-40-41-42-43-44-46-47-49-51-53-55-57-59-62-65-68-74(77)80-71-72(70-79-73(76)67-64-61-15-12-9-6-3)81-75(78)69-66-63-60-58-56-54-52-50-48-45-31-29-27-25-23-21-19-17-14-11-8-5-2/h26,28,72H,4-25,27,29-71H2,1-3H3/b28-26-. The SMILES string of the molecule is CCCCCCCCCC/C=C\CCCCCCCCCCCCCCCCCCCCCCCCCC(=O)OCC(COC(=O)CCCCCCCC)OC(=O)CCCCCCCCCCCCCCCCCCCCCCCC. The fourth-order valence-corrected chi connectivity index (χ4v) is 11.7. The molecule has 6 heteroatoms. The zero-order valence-corrected chi connectivity index (χ0v) is 55.4. The van der Waals surface area contributed by atoms with Crippen LogP contribution < -0.4 is 0 Å². The lowest BCUT2D eigenvalue weighted by Gasteiger charge is -2.18. The predicted octanol–water partition coefficient (Wildman–Crippen LogP) is 25.6. The third kappa shape index (κ3) is 68.8. The van der Waals surface area contributed by atoms with E-state index < -0.39 is 6.10 Å². The highest BCUT2D eigenvalue weighted by atomic mass is 16.6. The fourth-order valence-electron chi connectivity index (χ4n) is 11.7. The maximum Gasteiger partial charge on any atom is 0.306 e. The van der Waals surface area contributed by atoms with Crippen LogP contribution in [0.25, 0.3) is 0 Å². The van der Waals surface area contributed by atoms with Gasteiger partial charge in [0.25, 0.3) is 0 Å². The Morgan fingerprint density at radius 1 is 0.235 bits per heavy atom. The Morgan fingerprint density at radius 2 is 0.407 bits per heavy atom. The molecule has 0 amide bonds. The van der Waals surface area contributed by atoms with Crippen molar-refractivity contribution in [2.45, 2.75) is 438 Å². The normalized spacial score (nSPS) is 12.0. The van der Waals surface area contributed by atoms with Gasteiger partial charge in [0.15, 0.2) is 6.10 Å². The molecule has 81 heavy (non-hydrogen) atoms. The second kappa shape index (κ2) is 70.6. The number of hydrogen-bond acceptors (Lipinski definition) is 6. The lowest BCUT2D eigenvalue weighted by molar-refractivity contribution is -0.167. The van der Waals surface area contributed by atoms with Crippen LogP contribution in [-0.4, -0.2) is 37.2 Å². The first-order valence-electron chi connectivity index (χ1n) is 37.2. The zero-order valence-electron chi connectivity index (χ0n) is 55.4. The van der Waals surface area contributed by atoms with Gasteiger partial charge >= 0.3 is 17.9 Å². The van der Waals surface area contributed by atoms with Crippen LogP contribution in [0, 0.1) is 0 Å². The van der Waals surface area contributed by atoms with Crippen LogP contribution in [-0.2, 0) is 28.6 Å². The Balaban J connectivity index is 3.88. The molecule has 0 bridgehead atoms. The van der Waals surface area contributed by atoms with Crippen LogP contribution in [0.1, 0.15) is 432 Å². The molecule has 0 N–H and O–H groups in total. The number of ether oxygens (including phenoxy) is 3. The maximum absolute atomic E-state index is 12.9. The maximum atomic E-state index is 12.9. The molecule has 0 radical (unpaired) electrons. The number of carbonyl (C=O) groups excluding carboxylic acids is 3. The van der Waals surface area contributed by atoms with E-state index in [0.717, 1.165) is 57.8 Å². The number of carbonyl (C=O) groups is 3. The molecule has 0 spiro atoms. The van der Waals surface area contributed by atoms with E-state index in [1.165, 1.54) is 334 Å². The van der Waals surface area contributed by atoms with Crippen molar-refractivity contribution in [2.24, 2.45) is 0 Å². The number of esters is 3. The minimum absolute atomic E-state index is 0.0627. The number of unbranched alkanes of at least 4 members (excludes halogenated alkanes) is 57. The van der Waals surface area contributed by atoms with Gasteiger partial charge in [-0.25, -0.2) is 0 Å². The molecule has 0 aliphatic rings. The molecule has 0 aliphatic carbocycles. The Labute approximate surface area is 507 Å². The molecule has 0 rings (SSSR count). The monoisotopic (exact) mass is 1140 g/mol. The smallest absolute Gasteiger partial charge is 0.306 e. The van der Waals surface area contributed by atoms with Gasteiger partial charge in [0.2, 0.25) is 0 Å². The molecule has 1 atom stereocenters. The van der Waals surface area contributed by atoms with E-state index in [1.54, 1.807) is 0 Å². The highest BCUT2D eigenvalue weighted by Gasteiger charge is 2.20. The Kier molecular flexibility index (Phi) is 69.0. The largest absolute Gasteiger partial charge is 0.462 e. The summed E-state index contributed by atoms with van der Waals surface area (Å²) in [6.45, 7) is 6.67. The summed E-state index contributed by atoms with van der Waals surface area (Å²) in [5, 5.41) is 0. The van der Waals surface area contributed by atoms with E-state index in [-0.39, 0.29) is 31.1 Å². The second-order valence-corrected chi connectivity index (χ2v) is 25.6. The summed E-state index contributed by atoms with van der Waals surface area (Å²) in [5.41, 5.74) is 0. The van der Waals surface area contributed by atoms with Crippen LogP contribution in [0.4, 0.5) is 0 Å². The molecule has 480 valence electrons. The lowest BCUT2D eigenvalue weighted by atomic mass is 10.0. The van der Waals surface area contributed by atoms with Crippen LogP contribution in [0.3, 0.4) is 0 Å². The van der Waals surface area contributed by atoms with E-state index >= 15 is 0 Å². The Bertz CT molecular complexity index is 1260. The quantitative estimate of drug-likeness (QED) is 0.0261. The average Bonchev–Trinajstić information content (AvgIpc) is 3.47. The van der Waals surface area contributed by atoms with Crippen molar-refractivity contribution < 1.29 is 28.6 Å². The number of rotatable bonds is 70. The van der Waals surface area contributed by atoms with E-state index in [0.29, 0.717) is 19.3 Å². The zero-order chi connectivity index (χ0) is 58.5. The van der Waals surface area contributed by atoms with Crippen molar-refractivity contribution in [3.8, 4) is 0 Å². The minimum Gasteiger partial charge on any atom is -0.462 e. The first kappa shape index (κ1) is 79.2. The lowest BCUT2D eigenvalue weighted by Crippen LogP contribution is -2.30. The molecule has 0 aliphatic heterocycles. The Morgan fingerprint density at radius 3 is 0.617 bits per heavy atom. The molecule has 0 aromatic carbocycles. The summed E-state index contributed by atoms with van der Waals surface area (Å²) < 4.78 is 16.9. The fraction of sp³-hybridized carbons (Fsp3) is 0.933. The van der Waals surface area contributed by atoms with E-state index in [1.807, 2.05) is 0 Å². The van der Waals surface area contributed by atoms with Crippen molar-refractivity contribution in [2.75, 3.05) is 13.2 Å².